The largest absolute Gasteiger partial charge is 0.415 e. The van der Waals surface area contributed by atoms with Gasteiger partial charge in [-0.15, -0.1) is 0 Å². The highest BCUT2D eigenvalue weighted by molar-refractivity contribution is 14.1. The van der Waals surface area contributed by atoms with E-state index in [0.717, 1.165) is 20.4 Å². The minimum atomic E-state index is -0.406. The maximum absolute atomic E-state index is 12.4. The van der Waals surface area contributed by atoms with E-state index in [9.17, 15) is 9.59 Å². The maximum atomic E-state index is 12.4. The molecule has 0 saturated carbocycles. The van der Waals surface area contributed by atoms with E-state index in [4.69, 9.17) is 4.74 Å². The molecular formula is C20H17Br2IN2O3. The van der Waals surface area contributed by atoms with Crippen molar-refractivity contribution in [2.75, 3.05) is 18.4 Å². The smallest absolute Gasteiger partial charge is 0.408 e. The Morgan fingerprint density at radius 3 is 2.43 bits per heavy atom. The molecule has 3 rings (SSSR count). The predicted octanol–water partition coefficient (Wildman–Crippen LogP) is 6.15. The summed E-state index contributed by atoms with van der Waals surface area (Å²) in [5, 5.41) is 2.88. The molecule has 0 spiro atoms. The van der Waals surface area contributed by atoms with Crippen LogP contribution < -0.4 is 10.1 Å². The highest BCUT2D eigenvalue weighted by Gasteiger charge is 2.24. The van der Waals surface area contributed by atoms with Crippen molar-refractivity contribution in [3.63, 3.8) is 0 Å². The van der Waals surface area contributed by atoms with Gasteiger partial charge in [0.05, 0.1) is 8.95 Å². The van der Waals surface area contributed by atoms with E-state index >= 15 is 0 Å². The fourth-order valence-electron chi connectivity index (χ4n) is 2.86. The lowest BCUT2D eigenvalue weighted by atomic mass is 10.0. The normalized spacial score (nSPS) is 14.0. The summed E-state index contributed by atoms with van der Waals surface area (Å²) >= 11 is 9.17. The second-order valence-electron chi connectivity index (χ2n) is 6.06. The van der Waals surface area contributed by atoms with Gasteiger partial charge in [0.2, 0.25) is 0 Å². The van der Waals surface area contributed by atoms with Gasteiger partial charge in [-0.1, -0.05) is 0 Å². The number of carbonyl (C=O) groups is 2. The van der Waals surface area contributed by atoms with Crippen LogP contribution in [0.1, 0.15) is 25.0 Å². The number of amides is 2. The zero-order valence-corrected chi connectivity index (χ0v) is 20.5. The number of halogens is 3. The Hall–Kier alpha value is -1.39. The number of hydrogen-bond acceptors (Lipinski definition) is 3. The summed E-state index contributed by atoms with van der Waals surface area (Å²) < 4.78 is 7.83. The molecule has 1 heterocycles. The number of carbonyl (C=O) groups excluding carboxylic acids is 2. The fourth-order valence-corrected chi connectivity index (χ4v) is 4.74. The Kier molecular flexibility index (Phi) is 6.82. The van der Waals surface area contributed by atoms with E-state index in [0.29, 0.717) is 33.4 Å². The first kappa shape index (κ1) is 21.3. The zero-order chi connectivity index (χ0) is 20.4. The SMILES string of the molecule is CCN(CC)C(=O)Oc1c(Br)cc(/C=C2\C(=O)Nc3ccc(I)cc32)cc1Br. The second kappa shape index (κ2) is 8.96. The number of ether oxygens (including phenoxy) is 1. The van der Waals surface area contributed by atoms with E-state index in [2.05, 4.69) is 59.8 Å². The predicted molar refractivity (Wildman–Crippen MR) is 126 cm³/mol. The minimum absolute atomic E-state index is 0.138. The Bertz CT molecular complexity index is 964. The Morgan fingerprint density at radius 1 is 1.18 bits per heavy atom. The average molecular weight is 620 g/mol. The lowest BCUT2D eigenvalue weighted by Crippen LogP contribution is -2.33. The highest BCUT2D eigenvalue weighted by Crippen LogP contribution is 2.38. The molecule has 0 fully saturated rings. The molecule has 0 aromatic heterocycles. The first-order valence-corrected chi connectivity index (χ1v) is 11.3. The monoisotopic (exact) mass is 618 g/mol. The molecule has 0 saturated heterocycles. The first-order valence-electron chi connectivity index (χ1n) is 8.62. The summed E-state index contributed by atoms with van der Waals surface area (Å²) in [6, 6.07) is 9.47. The lowest BCUT2D eigenvalue weighted by Gasteiger charge is -2.19. The van der Waals surface area contributed by atoms with Crippen molar-refractivity contribution in [3.05, 3.63) is 54.0 Å². The summed E-state index contributed by atoms with van der Waals surface area (Å²) in [5.41, 5.74) is 3.08. The van der Waals surface area contributed by atoms with E-state index in [1.165, 1.54) is 0 Å². The molecule has 0 aliphatic carbocycles. The first-order chi connectivity index (χ1) is 13.3. The van der Waals surface area contributed by atoms with E-state index in [1.807, 2.05) is 50.3 Å². The summed E-state index contributed by atoms with van der Waals surface area (Å²) in [5.74, 6) is 0.270. The molecule has 146 valence electrons. The van der Waals surface area contributed by atoms with Crippen LogP contribution in [0.3, 0.4) is 0 Å². The Balaban J connectivity index is 1.94. The highest BCUT2D eigenvalue weighted by atomic mass is 127. The molecule has 0 radical (unpaired) electrons. The topological polar surface area (TPSA) is 58.6 Å². The van der Waals surface area contributed by atoms with Crippen LogP contribution in [0.25, 0.3) is 11.6 Å². The molecule has 1 aliphatic heterocycles. The van der Waals surface area contributed by atoms with Gasteiger partial charge in [0.1, 0.15) is 0 Å². The van der Waals surface area contributed by atoms with Crippen LogP contribution in [0, 0.1) is 3.57 Å². The summed E-state index contributed by atoms with van der Waals surface area (Å²) in [6.07, 6.45) is 1.42. The Morgan fingerprint density at radius 2 is 1.82 bits per heavy atom. The van der Waals surface area contributed by atoms with Crippen molar-refractivity contribution in [3.8, 4) is 5.75 Å². The number of anilines is 1. The third kappa shape index (κ3) is 4.44. The van der Waals surface area contributed by atoms with Gasteiger partial charge in [0.15, 0.2) is 5.75 Å². The lowest BCUT2D eigenvalue weighted by molar-refractivity contribution is -0.110. The van der Waals surface area contributed by atoms with Crippen LogP contribution in [0.15, 0.2) is 39.3 Å². The van der Waals surface area contributed by atoms with Crippen molar-refractivity contribution in [2.24, 2.45) is 0 Å². The van der Waals surface area contributed by atoms with Gasteiger partial charge in [0.25, 0.3) is 5.91 Å². The van der Waals surface area contributed by atoms with Crippen LogP contribution in [0.4, 0.5) is 10.5 Å². The van der Waals surface area contributed by atoms with Crippen LogP contribution in [0.2, 0.25) is 0 Å². The second-order valence-corrected chi connectivity index (χ2v) is 9.01. The number of nitrogens with zero attached hydrogens (tertiary/aromatic N) is 1. The standard InChI is InChI=1S/C20H17Br2IN2O3/c1-3-25(4-2)20(27)28-18-15(21)8-11(9-16(18)22)7-14-13-10-12(23)5-6-17(13)24-19(14)26/h5-10H,3-4H2,1-2H3,(H,24,26)/b14-7-. The molecule has 5 nitrogen and oxygen atoms in total. The molecule has 1 N–H and O–H groups in total. The van der Waals surface area contributed by atoms with E-state index in [-0.39, 0.29) is 5.91 Å². The van der Waals surface area contributed by atoms with Crippen molar-refractivity contribution < 1.29 is 14.3 Å². The van der Waals surface area contributed by atoms with Crippen molar-refractivity contribution >= 4 is 83.8 Å². The summed E-state index contributed by atoms with van der Waals surface area (Å²) in [6.45, 7) is 4.94. The molecule has 28 heavy (non-hydrogen) atoms. The van der Waals surface area contributed by atoms with Crippen LogP contribution >= 0.6 is 54.5 Å². The van der Waals surface area contributed by atoms with Gasteiger partial charge < -0.3 is 15.0 Å². The minimum Gasteiger partial charge on any atom is -0.408 e. The van der Waals surface area contributed by atoms with Crippen molar-refractivity contribution in [2.45, 2.75) is 13.8 Å². The molecular weight excluding hydrogens is 603 g/mol. The fraction of sp³-hybridized carbons (Fsp3) is 0.200. The van der Waals surface area contributed by atoms with Crippen molar-refractivity contribution in [1.29, 1.82) is 0 Å². The summed E-state index contributed by atoms with van der Waals surface area (Å²) in [4.78, 5) is 26.2. The molecule has 2 amide bonds. The quantitative estimate of drug-likeness (QED) is 0.330. The molecule has 2 aromatic rings. The van der Waals surface area contributed by atoms with E-state index < -0.39 is 6.09 Å². The van der Waals surface area contributed by atoms with Gasteiger partial charge in [-0.2, -0.15) is 0 Å². The maximum Gasteiger partial charge on any atom is 0.415 e. The van der Waals surface area contributed by atoms with E-state index in [1.54, 1.807) is 4.90 Å². The third-order valence-corrected chi connectivity index (χ3v) is 6.16. The number of fused-ring (bicyclic) bond motifs is 1. The van der Waals surface area contributed by atoms with Gasteiger partial charge in [-0.25, -0.2) is 4.79 Å². The van der Waals surface area contributed by atoms with Gasteiger partial charge in [0, 0.05) is 33.5 Å². The van der Waals surface area contributed by atoms with Crippen LogP contribution in [-0.2, 0) is 4.79 Å². The van der Waals surface area contributed by atoms with Crippen LogP contribution in [-0.4, -0.2) is 30.0 Å². The molecule has 0 atom stereocenters. The van der Waals surface area contributed by atoms with Gasteiger partial charge >= 0.3 is 6.09 Å². The number of hydrogen-bond donors (Lipinski definition) is 1. The average Bonchev–Trinajstić information content (AvgIpc) is 2.94. The zero-order valence-electron chi connectivity index (χ0n) is 15.2. The number of benzene rings is 2. The number of nitrogens with one attached hydrogen (secondary N) is 1. The third-order valence-electron chi connectivity index (χ3n) is 4.31. The molecule has 2 aromatic carbocycles. The molecule has 0 unspecified atom stereocenters. The van der Waals surface area contributed by atoms with Crippen LogP contribution in [0.5, 0.6) is 5.75 Å². The van der Waals surface area contributed by atoms with Crippen molar-refractivity contribution in [1.82, 2.24) is 4.90 Å². The molecule has 0 bridgehead atoms. The molecule has 1 aliphatic rings. The molecule has 8 heteroatoms. The summed E-state index contributed by atoms with van der Waals surface area (Å²) in [7, 11) is 0. The van der Waals surface area contributed by atoms with Gasteiger partial charge in [-0.3, -0.25) is 4.79 Å². The number of rotatable bonds is 4. The van der Waals surface area contributed by atoms with Gasteiger partial charge in [-0.05, 0) is 110 Å². The Labute approximate surface area is 193 Å².